The smallest absolute Gasteiger partial charge is 0.297 e. The van der Waals surface area contributed by atoms with E-state index >= 15 is 0 Å². The number of fused-ring (bicyclic) bond motifs is 2. The topological polar surface area (TPSA) is 38.7 Å². The minimum Gasteiger partial charge on any atom is -0.462 e. The van der Waals surface area contributed by atoms with E-state index in [9.17, 15) is 4.79 Å². The van der Waals surface area contributed by atoms with Crippen molar-refractivity contribution in [2.45, 2.75) is 12.0 Å². The zero-order valence-corrected chi connectivity index (χ0v) is 8.01. The molecule has 1 aliphatic carbocycles. The number of hydrogen-bond donors (Lipinski definition) is 0. The van der Waals surface area contributed by atoms with Gasteiger partial charge < -0.3 is 4.74 Å². The zero-order chi connectivity index (χ0) is 10.3. The van der Waals surface area contributed by atoms with Crippen LogP contribution < -0.4 is 0 Å². The van der Waals surface area contributed by atoms with E-state index in [4.69, 9.17) is 4.74 Å². The maximum atomic E-state index is 11.8. The van der Waals surface area contributed by atoms with Crippen LogP contribution in [0.25, 0.3) is 6.08 Å². The van der Waals surface area contributed by atoms with Crippen molar-refractivity contribution in [3.05, 3.63) is 41.5 Å². The molecule has 1 aliphatic heterocycles. The van der Waals surface area contributed by atoms with E-state index in [1.165, 1.54) is 6.40 Å². The SMILES string of the molecule is O=C1N=COC12CC=Cc1ccccc12. The summed E-state index contributed by atoms with van der Waals surface area (Å²) in [7, 11) is 0. The van der Waals surface area contributed by atoms with E-state index in [0.717, 1.165) is 11.1 Å². The highest BCUT2D eigenvalue weighted by atomic mass is 16.5. The summed E-state index contributed by atoms with van der Waals surface area (Å²) in [5.74, 6) is -0.209. The largest absolute Gasteiger partial charge is 0.462 e. The minimum atomic E-state index is -0.884. The summed E-state index contributed by atoms with van der Waals surface area (Å²) >= 11 is 0. The maximum absolute atomic E-state index is 11.8. The monoisotopic (exact) mass is 199 g/mol. The van der Waals surface area contributed by atoms with Gasteiger partial charge in [-0.2, -0.15) is 4.99 Å². The lowest BCUT2D eigenvalue weighted by molar-refractivity contribution is -0.131. The third-order valence-corrected chi connectivity index (χ3v) is 2.87. The predicted molar refractivity (Wildman–Crippen MR) is 56.4 cm³/mol. The van der Waals surface area contributed by atoms with Gasteiger partial charge in [0.05, 0.1) is 0 Å². The van der Waals surface area contributed by atoms with Crippen molar-refractivity contribution >= 4 is 18.4 Å². The van der Waals surface area contributed by atoms with Gasteiger partial charge in [-0.15, -0.1) is 0 Å². The van der Waals surface area contributed by atoms with Crippen LogP contribution >= 0.6 is 0 Å². The van der Waals surface area contributed by atoms with Gasteiger partial charge in [-0.25, -0.2) is 0 Å². The van der Waals surface area contributed by atoms with Crippen LogP contribution in [0.3, 0.4) is 0 Å². The number of rotatable bonds is 0. The molecule has 0 N–H and O–H groups in total. The summed E-state index contributed by atoms with van der Waals surface area (Å²) in [5.41, 5.74) is 1.06. The van der Waals surface area contributed by atoms with E-state index in [2.05, 4.69) is 4.99 Å². The van der Waals surface area contributed by atoms with Crippen LogP contribution in [0.2, 0.25) is 0 Å². The Balaban J connectivity index is 2.22. The Morgan fingerprint density at radius 2 is 2.20 bits per heavy atom. The van der Waals surface area contributed by atoms with Gasteiger partial charge in [-0.1, -0.05) is 36.4 Å². The van der Waals surface area contributed by atoms with Crippen molar-refractivity contribution < 1.29 is 9.53 Å². The molecule has 1 heterocycles. The van der Waals surface area contributed by atoms with Crippen molar-refractivity contribution in [3.8, 4) is 0 Å². The first kappa shape index (κ1) is 8.41. The molecule has 0 saturated carbocycles. The van der Waals surface area contributed by atoms with Crippen molar-refractivity contribution in [1.29, 1.82) is 0 Å². The lowest BCUT2D eigenvalue weighted by Crippen LogP contribution is -2.35. The number of nitrogens with zero attached hydrogens (tertiary/aromatic N) is 1. The molecule has 0 bridgehead atoms. The van der Waals surface area contributed by atoms with Crippen molar-refractivity contribution in [1.82, 2.24) is 0 Å². The van der Waals surface area contributed by atoms with Gasteiger partial charge in [0.1, 0.15) is 0 Å². The van der Waals surface area contributed by atoms with Crippen LogP contribution in [0.4, 0.5) is 0 Å². The fourth-order valence-electron chi connectivity index (χ4n) is 2.10. The Morgan fingerprint density at radius 1 is 1.33 bits per heavy atom. The lowest BCUT2D eigenvalue weighted by Gasteiger charge is -2.28. The van der Waals surface area contributed by atoms with E-state index < -0.39 is 5.60 Å². The molecule has 3 rings (SSSR count). The van der Waals surface area contributed by atoms with Gasteiger partial charge in [-0.05, 0) is 5.56 Å². The van der Waals surface area contributed by atoms with Crippen molar-refractivity contribution in [3.63, 3.8) is 0 Å². The molecule has 1 atom stereocenters. The average Bonchev–Trinajstić information content (AvgIpc) is 2.62. The number of ether oxygens (including phenoxy) is 1. The van der Waals surface area contributed by atoms with Crippen LogP contribution in [0.1, 0.15) is 17.5 Å². The number of carbonyl (C=O) groups is 1. The summed E-state index contributed by atoms with van der Waals surface area (Å²) in [6.45, 7) is 0. The molecule has 2 aliphatic rings. The first-order chi connectivity index (χ1) is 7.33. The standard InChI is InChI=1S/C12H9NO2/c14-11-12(15-8-13-11)7-3-5-9-4-1-2-6-10(9)12/h1-6,8H,7H2. The lowest BCUT2D eigenvalue weighted by atomic mass is 9.82. The fraction of sp³-hybridized carbons (Fsp3) is 0.167. The molecule has 1 aromatic rings. The van der Waals surface area contributed by atoms with E-state index in [-0.39, 0.29) is 5.91 Å². The molecular formula is C12H9NO2. The second-order valence-corrected chi connectivity index (χ2v) is 3.68. The molecule has 15 heavy (non-hydrogen) atoms. The molecule has 0 fully saturated rings. The molecule has 0 saturated heterocycles. The Bertz CT molecular complexity index is 490. The van der Waals surface area contributed by atoms with Gasteiger partial charge in [0.25, 0.3) is 5.91 Å². The van der Waals surface area contributed by atoms with Gasteiger partial charge in [-0.3, -0.25) is 4.79 Å². The second kappa shape index (κ2) is 2.79. The third-order valence-electron chi connectivity index (χ3n) is 2.87. The summed E-state index contributed by atoms with van der Waals surface area (Å²) < 4.78 is 5.43. The van der Waals surface area contributed by atoms with E-state index in [1.54, 1.807) is 0 Å². The first-order valence-electron chi connectivity index (χ1n) is 4.84. The number of carbonyl (C=O) groups excluding carboxylic acids is 1. The number of aliphatic imine (C=N–C) groups is 1. The molecule has 1 spiro atoms. The van der Waals surface area contributed by atoms with Crippen LogP contribution in [-0.2, 0) is 15.1 Å². The van der Waals surface area contributed by atoms with Crippen LogP contribution in [0.15, 0.2) is 35.3 Å². The van der Waals surface area contributed by atoms with Crippen molar-refractivity contribution in [2.75, 3.05) is 0 Å². The summed E-state index contributed by atoms with van der Waals surface area (Å²) in [5, 5.41) is 0. The highest BCUT2D eigenvalue weighted by Crippen LogP contribution is 2.39. The molecule has 3 nitrogen and oxygen atoms in total. The summed E-state index contributed by atoms with van der Waals surface area (Å²) in [6.07, 6.45) is 5.77. The Labute approximate surface area is 87.1 Å². The van der Waals surface area contributed by atoms with E-state index in [0.29, 0.717) is 6.42 Å². The molecular weight excluding hydrogens is 190 g/mol. The Hall–Kier alpha value is -1.90. The fourth-order valence-corrected chi connectivity index (χ4v) is 2.10. The van der Waals surface area contributed by atoms with Crippen LogP contribution in [-0.4, -0.2) is 12.3 Å². The normalized spacial score (nSPS) is 26.8. The zero-order valence-electron chi connectivity index (χ0n) is 8.01. The van der Waals surface area contributed by atoms with Gasteiger partial charge in [0.15, 0.2) is 6.40 Å². The summed E-state index contributed by atoms with van der Waals surface area (Å²) in [4.78, 5) is 15.4. The minimum absolute atomic E-state index is 0.209. The molecule has 1 amide bonds. The second-order valence-electron chi connectivity index (χ2n) is 3.68. The highest BCUT2D eigenvalue weighted by Gasteiger charge is 2.46. The first-order valence-corrected chi connectivity index (χ1v) is 4.84. The average molecular weight is 199 g/mol. The highest BCUT2D eigenvalue weighted by molar-refractivity contribution is 5.97. The van der Waals surface area contributed by atoms with Crippen molar-refractivity contribution in [2.24, 2.45) is 4.99 Å². The van der Waals surface area contributed by atoms with Gasteiger partial charge in [0, 0.05) is 12.0 Å². The Morgan fingerprint density at radius 3 is 3.00 bits per heavy atom. The van der Waals surface area contributed by atoms with Crippen LogP contribution in [0, 0.1) is 0 Å². The van der Waals surface area contributed by atoms with E-state index in [1.807, 2.05) is 36.4 Å². The molecule has 74 valence electrons. The number of amides is 1. The van der Waals surface area contributed by atoms with Gasteiger partial charge >= 0.3 is 0 Å². The van der Waals surface area contributed by atoms with Gasteiger partial charge in [0.2, 0.25) is 5.60 Å². The van der Waals surface area contributed by atoms with Crippen LogP contribution in [0.5, 0.6) is 0 Å². The molecule has 0 radical (unpaired) electrons. The summed E-state index contributed by atoms with van der Waals surface area (Å²) in [6, 6.07) is 7.75. The molecule has 1 unspecified atom stereocenters. The Kier molecular flexibility index (Phi) is 1.57. The third kappa shape index (κ3) is 1.00. The molecule has 0 aromatic heterocycles. The quantitative estimate of drug-likeness (QED) is 0.640. The predicted octanol–water partition coefficient (Wildman–Crippen LogP) is 1.88. The number of hydrogen-bond acceptors (Lipinski definition) is 2. The number of benzene rings is 1. The molecule has 3 heteroatoms. The molecule has 1 aromatic carbocycles. The maximum Gasteiger partial charge on any atom is 0.297 e.